The van der Waals surface area contributed by atoms with Gasteiger partial charge in [0.2, 0.25) is 11.8 Å². The van der Waals surface area contributed by atoms with E-state index in [9.17, 15) is 9.59 Å². The van der Waals surface area contributed by atoms with Gasteiger partial charge in [0.05, 0.1) is 19.8 Å². The van der Waals surface area contributed by atoms with Crippen molar-refractivity contribution in [3.05, 3.63) is 11.8 Å². The van der Waals surface area contributed by atoms with E-state index >= 15 is 0 Å². The lowest BCUT2D eigenvalue weighted by Crippen LogP contribution is -2.45. The number of rotatable bonds is 18. The number of amides is 2. The fourth-order valence-corrected chi connectivity index (χ4v) is 4.26. The third-order valence-electron chi connectivity index (χ3n) is 6.37. The number of aryl methyl sites for hydroxylation is 1. The number of hydrogen-bond donors (Lipinski definition) is 1. The van der Waals surface area contributed by atoms with Crippen LogP contribution in [0.3, 0.4) is 0 Å². The summed E-state index contributed by atoms with van der Waals surface area (Å²) in [7, 11) is 0. The molecule has 0 bridgehead atoms. The smallest absolute Gasteiger partial charge is 0.245 e. The molecule has 1 aromatic heterocycles. The predicted octanol–water partition coefficient (Wildman–Crippen LogP) is 4.78. The van der Waals surface area contributed by atoms with Gasteiger partial charge in [-0.15, -0.1) is 0 Å². The number of unbranched alkanes of at least 4 members (excludes halogenated alkanes) is 10. The monoisotopic (exact) mass is 478 g/mol. The highest BCUT2D eigenvalue weighted by Crippen LogP contribution is 2.13. The van der Waals surface area contributed by atoms with Gasteiger partial charge in [-0.1, -0.05) is 76.3 Å². The first-order valence-corrected chi connectivity index (χ1v) is 13.4. The summed E-state index contributed by atoms with van der Waals surface area (Å²) in [5.41, 5.74) is 0. The zero-order valence-electron chi connectivity index (χ0n) is 21.5. The molecule has 2 rings (SSSR count). The minimum absolute atomic E-state index is 0.0348. The van der Waals surface area contributed by atoms with Gasteiger partial charge in [-0.3, -0.25) is 14.5 Å². The summed E-state index contributed by atoms with van der Waals surface area (Å²) < 4.78 is 10.4. The molecule has 1 aliphatic rings. The molecule has 1 fully saturated rings. The Hall–Kier alpha value is -1.93. The summed E-state index contributed by atoms with van der Waals surface area (Å²) in [5.74, 6) is 0.818. The average Bonchev–Trinajstić information content (AvgIpc) is 3.24. The highest BCUT2D eigenvalue weighted by molar-refractivity contribution is 5.93. The molecule has 8 nitrogen and oxygen atoms in total. The topological polar surface area (TPSA) is 87.9 Å². The molecule has 0 aromatic carbocycles. The molecule has 2 amide bonds. The van der Waals surface area contributed by atoms with Crippen LogP contribution in [-0.2, 0) is 14.3 Å². The van der Waals surface area contributed by atoms with Crippen molar-refractivity contribution in [3.8, 4) is 0 Å². The molecule has 0 atom stereocenters. The first-order valence-electron chi connectivity index (χ1n) is 13.4. The molecule has 0 unspecified atom stereocenters. The van der Waals surface area contributed by atoms with Gasteiger partial charge in [-0.25, -0.2) is 0 Å². The van der Waals surface area contributed by atoms with E-state index in [1.54, 1.807) is 17.9 Å². The van der Waals surface area contributed by atoms with Crippen LogP contribution in [0.15, 0.2) is 10.6 Å². The van der Waals surface area contributed by atoms with Crippen molar-refractivity contribution in [2.24, 2.45) is 0 Å². The lowest BCUT2D eigenvalue weighted by Gasteiger charge is -2.30. The van der Waals surface area contributed by atoms with Crippen molar-refractivity contribution in [2.75, 3.05) is 51.3 Å². The Kier molecular flexibility index (Phi) is 14.6. The zero-order valence-corrected chi connectivity index (χ0v) is 21.5. The number of aromatic nitrogens is 1. The molecule has 1 aliphatic heterocycles. The number of morpholine rings is 1. The standard InChI is InChI=1S/C26H46N4O4/c1-3-4-5-6-7-8-9-10-11-12-13-14-26(32)30(16-15-29-17-19-33-20-18-29)22-25(31)27-24-21-23(2)34-28-24/h21H,3-20,22H2,1-2H3,(H,27,28,31). The van der Waals surface area contributed by atoms with Crippen molar-refractivity contribution in [1.82, 2.24) is 15.0 Å². The van der Waals surface area contributed by atoms with Crippen LogP contribution < -0.4 is 5.32 Å². The molecule has 1 N–H and O–H groups in total. The fraction of sp³-hybridized carbons (Fsp3) is 0.808. The van der Waals surface area contributed by atoms with Gasteiger partial charge < -0.3 is 19.5 Å². The molecular weight excluding hydrogens is 432 g/mol. The van der Waals surface area contributed by atoms with Gasteiger partial charge >= 0.3 is 0 Å². The van der Waals surface area contributed by atoms with Crippen LogP contribution in [0, 0.1) is 6.92 Å². The van der Waals surface area contributed by atoms with Gasteiger partial charge in [0.15, 0.2) is 5.82 Å². The number of carbonyl (C=O) groups is 2. The SMILES string of the molecule is CCCCCCCCCCCCCC(=O)N(CCN1CCOCC1)CC(=O)Nc1cc(C)on1. The maximum Gasteiger partial charge on any atom is 0.245 e. The highest BCUT2D eigenvalue weighted by atomic mass is 16.5. The normalized spacial score (nSPS) is 14.3. The Morgan fingerprint density at radius 3 is 2.21 bits per heavy atom. The Morgan fingerprint density at radius 2 is 1.62 bits per heavy atom. The van der Waals surface area contributed by atoms with Crippen LogP contribution >= 0.6 is 0 Å². The molecule has 1 aromatic rings. The summed E-state index contributed by atoms with van der Waals surface area (Å²) in [6.45, 7) is 8.53. The van der Waals surface area contributed by atoms with Crippen LogP contribution in [0.25, 0.3) is 0 Å². The molecule has 34 heavy (non-hydrogen) atoms. The van der Waals surface area contributed by atoms with E-state index in [4.69, 9.17) is 9.26 Å². The first kappa shape index (κ1) is 28.3. The van der Waals surface area contributed by atoms with Crippen LogP contribution in [0.4, 0.5) is 5.82 Å². The number of nitrogens with zero attached hydrogens (tertiary/aromatic N) is 3. The summed E-state index contributed by atoms with van der Waals surface area (Å²) in [6, 6.07) is 1.67. The Morgan fingerprint density at radius 1 is 1.00 bits per heavy atom. The molecule has 2 heterocycles. The maximum atomic E-state index is 12.9. The third kappa shape index (κ3) is 12.5. The molecule has 0 radical (unpaired) electrons. The van der Waals surface area contributed by atoms with E-state index in [0.717, 1.165) is 45.7 Å². The van der Waals surface area contributed by atoms with E-state index in [-0.39, 0.29) is 18.4 Å². The van der Waals surface area contributed by atoms with Crippen LogP contribution in [-0.4, -0.2) is 72.7 Å². The molecule has 0 aliphatic carbocycles. The van der Waals surface area contributed by atoms with Crippen LogP contribution in [0.1, 0.15) is 89.7 Å². The molecule has 194 valence electrons. The number of nitrogens with one attached hydrogen (secondary N) is 1. The second-order valence-electron chi connectivity index (χ2n) is 9.43. The fourth-order valence-electron chi connectivity index (χ4n) is 4.26. The highest BCUT2D eigenvalue weighted by Gasteiger charge is 2.20. The van der Waals surface area contributed by atoms with Gasteiger partial charge in [0.1, 0.15) is 5.76 Å². The van der Waals surface area contributed by atoms with Crippen molar-refractivity contribution in [1.29, 1.82) is 0 Å². The molecule has 0 spiro atoms. The number of anilines is 1. The lowest BCUT2D eigenvalue weighted by atomic mass is 10.1. The maximum absolute atomic E-state index is 12.9. The summed E-state index contributed by atoms with van der Waals surface area (Å²) in [5, 5.41) is 6.53. The van der Waals surface area contributed by atoms with E-state index in [1.165, 1.54) is 57.8 Å². The number of hydrogen-bond acceptors (Lipinski definition) is 6. The first-order chi connectivity index (χ1) is 16.6. The molecule has 1 saturated heterocycles. The average molecular weight is 479 g/mol. The van der Waals surface area contributed by atoms with Crippen molar-refractivity contribution >= 4 is 17.6 Å². The number of ether oxygens (including phenoxy) is 1. The van der Waals surface area contributed by atoms with Crippen molar-refractivity contribution < 1.29 is 18.8 Å². The Bertz CT molecular complexity index is 688. The Labute approximate surface area is 205 Å². The van der Waals surface area contributed by atoms with Gasteiger partial charge in [-0.05, 0) is 13.3 Å². The Balaban J connectivity index is 1.67. The largest absolute Gasteiger partial charge is 0.379 e. The lowest BCUT2D eigenvalue weighted by molar-refractivity contribution is -0.135. The van der Waals surface area contributed by atoms with Crippen LogP contribution in [0.5, 0.6) is 0 Å². The van der Waals surface area contributed by atoms with Gasteiger partial charge in [0.25, 0.3) is 0 Å². The molecular formula is C26H46N4O4. The van der Waals surface area contributed by atoms with Crippen molar-refractivity contribution in [3.63, 3.8) is 0 Å². The predicted molar refractivity (Wildman–Crippen MR) is 135 cm³/mol. The number of carbonyl (C=O) groups excluding carboxylic acids is 2. The van der Waals surface area contributed by atoms with Gasteiger partial charge in [-0.2, -0.15) is 0 Å². The van der Waals surface area contributed by atoms with Crippen molar-refractivity contribution in [2.45, 2.75) is 90.9 Å². The van der Waals surface area contributed by atoms with E-state index < -0.39 is 0 Å². The van der Waals surface area contributed by atoms with E-state index in [2.05, 4.69) is 22.3 Å². The second kappa shape index (κ2) is 17.5. The molecule has 8 heteroatoms. The van der Waals surface area contributed by atoms with Gasteiger partial charge in [0, 0.05) is 38.7 Å². The third-order valence-corrected chi connectivity index (χ3v) is 6.37. The van der Waals surface area contributed by atoms with Crippen LogP contribution in [0.2, 0.25) is 0 Å². The minimum atomic E-state index is -0.248. The zero-order chi connectivity index (χ0) is 24.4. The second-order valence-corrected chi connectivity index (χ2v) is 9.43. The van der Waals surface area contributed by atoms with E-state index in [0.29, 0.717) is 24.5 Å². The quantitative estimate of drug-likeness (QED) is 0.305. The minimum Gasteiger partial charge on any atom is -0.379 e. The van der Waals surface area contributed by atoms with E-state index in [1.807, 2.05) is 0 Å². The summed E-state index contributed by atoms with van der Waals surface area (Å²) in [4.78, 5) is 29.4. The summed E-state index contributed by atoms with van der Waals surface area (Å²) in [6.07, 6.45) is 14.3. The molecule has 0 saturated carbocycles. The summed E-state index contributed by atoms with van der Waals surface area (Å²) >= 11 is 0.